The molecule has 1 aliphatic heterocycles. The first-order valence-corrected chi connectivity index (χ1v) is 5.65. The average Bonchev–Trinajstić information content (AvgIpc) is 2.32. The van der Waals surface area contributed by atoms with Crippen LogP contribution in [0.25, 0.3) is 0 Å². The predicted molar refractivity (Wildman–Crippen MR) is 62.1 cm³/mol. The molecule has 2 rings (SSSR count). The number of hydrogen-bond acceptors (Lipinski definition) is 5. The number of hydrogen-bond donors (Lipinski definition) is 1. The van der Waals surface area contributed by atoms with E-state index in [9.17, 15) is 10.1 Å². The third kappa shape index (κ3) is 2.91. The van der Waals surface area contributed by atoms with E-state index in [4.69, 9.17) is 4.74 Å². The number of aromatic nitrogens is 1. The Morgan fingerprint density at radius 3 is 2.88 bits per heavy atom. The zero-order valence-electron chi connectivity index (χ0n) is 9.68. The molecule has 6 nitrogen and oxygen atoms in total. The first-order valence-electron chi connectivity index (χ1n) is 5.65. The third-order valence-corrected chi connectivity index (χ3v) is 2.82. The highest BCUT2D eigenvalue weighted by atomic mass is 16.6. The largest absolute Gasteiger partial charge is 0.474 e. The van der Waals surface area contributed by atoms with E-state index in [1.165, 1.54) is 12.3 Å². The van der Waals surface area contributed by atoms with Crippen LogP contribution in [-0.4, -0.2) is 29.1 Å². The van der Waals surface area contributed by atoms with Gasteiger partial charge in [0.1, 0.15) is 6.10 Å². The van der Waals surface area contributed by atoms with Crippen molar-refractivity contribution >= 4 is 5.69 Å². The van der Waals surface area contributed by atoms with E-state index in [1.807, 2.05) is 0 Å². The second-order valence-electron chi connectivity index (χ2n) is 4.13. The summed E-state index contributed by atoms with van der Waals surface area (Å²) in [5.41, 5.74) is 0.608. The molecule has 6 heteroatoms. The zero-order valence-corrected chi connectivity index (χ0v) is 9.68. The lowest BCUT2D eigenvalue weighted by Gasteiger charge is -2.23. The van der Waals surface area contributed by atoms with Crippen molar-refractivity contribution in [3.63, 3.8) is 0 Å². The normalized spacial score (nSPS) is 16.8. The summed E-state index contributed by atoms with van der Waals surface area (Å²) in [5, 5.41) is 14.0. The fraction of sp³-hybridized carbons (Fsp3) is 0.545. The summed E-state index contributed by atoms with van der Waals surface area (Å²) in [5.74, 6) is 0.342. The summed E-state index contributed by atoms with van der Waals surface area (Å²) < 4.78 is 5.65. The van der Waals surface area contributed by atoms with Crippen molar-refractivity contribution in [2.75, 3.05) is 13.1 Å². The molecular weight excluding hydrogens is 222 g/mol. The van der Waals surface area contributed by atoms with Crippen molar-refractivity contribution in [2.24, 2.45) is 0 Å². The third-order valence-electron chi connectivity index (χ3n) is 2.82. The quantitative estimate of drug-likeness (QED) is 0.635. The van der Waals surface area contributed by atoms with Crippen LogP contribution >= 0.6 is 0 Å². The summed E-state index contributed by atoms with van der Waals surface area (Å²) in [6.45, 7) is 3.50. The molecule has 0 saturated carbocycles. The van der Waals surface area contributed by atoms with E-state index < -0.39 is 4.92 Å². The van der Waals surface area contributed by atoms with E-state index in [0.29, 0.717) is 11.4 Å². The highest BCUT2D eigenvalue weighted by Crippen LogP contribution is 2.23. The Balaban J connectivity index is 2.10. The number of nitro groups is 1. The molecule has 17 heavy (non-hydrogen) atoms. The first kappa shape index (κ1) is 11.8. The molecule has 0 bridgehead atoms. The van der Waals surface area contributed by atoms with Gasteiger partial charge in [-0.05, 0) is 32.9 Å². The van der Waals surface area contributed by atoms with Crippen molar-refractivity contribution in [1.82, 2.24) is 10.3 Å². The van der Waals surface area contributed by atoms with Crippen LogP contribution in [0.3, 0.4) is 0 Å². The van der Waals surface area contributed by atoms with Crippen molar-refractivity contribution in [2.45, 2.75) is 25.9 Å². The molecule has 1 saturated heterocycles. The Kier molecular flexibility index (Phi) is 3.53. The first-order chi connectivity index (χ1) is 8.16. The highest BCUT2D eigenvalue weighted by molar-refractivity contribution is 5.40. The number of rotatable bonds is 3. The van der Waals surface area contributed by atoms with Crippen LogP contribution in [0.2, 0.25) is 0 Å². The molecule has 0 unspecified atom stereocenters. The average molecular weight is 237 g/mol. The van der Waals surface area contributed by atoms with Gasteiger partial charge in [0.25, 0.3) is 5.69 Å². The fourth-order valence-electron chi connectivity index (χ4n) is 1.84. The smallest absolute Gasteiger partial charge is 0.279 e. The second kappa shape index (κ2) is 5.09. The Hall–Kier alpha value is -1.69. The van der Waals surface area contributed by atoms with E-state index >= 15 is 0 Å². The van der Waals surface area contributed by atoms with E-state index in [0.717, 1.165) is 25.9 Å². The molecule has 92 valence electrons. The van der Waals surface area contributed by atoms with Gasteiger partial charge in [-0.2, -0.15) is 0 Å². The van der Waals surface area contributed by atoms with Crippen LogP contribution in [0.15, 0.2) is 12.3 Å². The monoisotopic (exact) mass is 237 g/mol. The van der Waals surface area contributed by atoms with Crippen LogP contribution in [0.1, 0.15) is 18.4 Å². The standard InChI is InChI=1S/C11H15N3O3/c1-8-7-13-11(6-10(8)14(15)16)17-9-2-4-12-5-3-9/h6-7,9,12H,2-5H2,1H3. The minimum absolute atomic E-state index is 0.0592. The minimum Gasteiger partial charge on any atom is -0.474 e. The SMILES string of the molecule is Cc1cnc(OC2CCNCC2)cc1[N+](=O)[O-]. The lowest BCUT2D eigenvalue weighted by atomic mass is 10.1. The van der Waals surface area contributed by atoms with Gasteiger partial charge in [0.2, 0.25) is 5.88 Å². The zero-order chi connectivity index (χ0) is 12.3. The van der Waals surface area contributed by atoms with Gasteiger partial charge < -0.3 is 10.1 Å². The highest BCUT2D eigenvalue weighted by Gasteiger charge is 2.18. The summed E-state index contributed by atoms with van der Waals surface area (Å²) in [6, 6.07) is 1.40. The van der Waals surface area contributed by atoms with E-state index in [2.05, 4.69) is 10.3 Å². The van der Waals surface area contributed by atoms with E-state index in [1.54, 1.807) is 6.92 Å². The Bertz CT molecular complexity index is 416. The number of nitrogens with zero attached hydrogens (tertiary/aromatic N) is 2. The maximum Gasteiger partial charge on any atom is 0.279 e. The molecule has 0 aromatic carbocycles. The van der Waals surface area contributed by atoms with Crippen LogP contribution in [0.5, 0.6) is 5.88 Å². The summed E-state index contributed by atoms with van der Waals surface area (Å²) in [7, 11) is 0. The van der Waals surface area contributed by atoms with Gasteiger partial charge in [0, 0.05) is 11.8 Å². The predicted octanol–water partition coefficient (Wildman–Crippen LogP) is 1.43. The Morgan fingerprint density at radius 2 is 2.24 bits per heavy atom. The van der Waals surface area contributed by atoms with Gasteiger partial charge in [-0.25, -0.2) is 4.98 Å². The molecule has 1 aromatic heterocycles. The molecule has 2 heterocycles. The van der Waals surface area contributed by atoms with Crippen molar-refractivity contribution in [3.05, 3.63) is 27.9 Å². The number of pyridine rings is 1. The second-order valence-corrected chi connectivity index (χ2v) is 4.13. The van der Waals surface area contributed by atoms with Crippen molar-refractivity contribution < 1.29 is 9.66 Å². The number of ether oxygens (including phenoxy) is 1. The maximum absolute atomic E-state index is 10.8. The molecule has 1 N–H and O–H groups in total. The lowest BCUT2D eigenvalue weighted by Crippen LogP contribution is -2.34. The minimum atomic E-state index is -0.410. The van der Waals surface area contributed by atoms with Gasteiger partial charge in [-0.3, -0.25) is 10.1 Å². The molecule has 0 radical (unpaired) electrons. The molecule has 1 aromatic rings. The topological polar surface area (TPSA) is 77.3 Å². The molecule has 0 aliphatic carbocycles. The summed E-state index contributed by atoms with van der Waals surface area (Å²) in [6.07, 6.45) is 3.40. The van der Waals surface area contributed by atoms with Crippen LogP contribution in [-0.2, 0) is 0 Å². The van der Waals surface area contributed by atoms with E-state index in [-0.39, 0.29) is 11.8 Å². The lowest BCUT2D eigenvalue weighted by molar-refractivity contribution is -0.385. The fourth-order valence-corrected chi connectivity index (χ4v) is 1.84. The molecule has 1 aliphatic rings. The van der Waals surface area contributed by atoms with Crippen molar-refractivity contribution in [1.29, 1.82) is 0 Å². The van der Waals surface area contributed by atoms with Crippen LogP contribution in [0, 0.1) is 17.0 Å². The van der Waals surface area contributed by atoms with Crippen LogP contribution < -0.4 is 10.1 Å². The van der Waals surface area contributed by atoms with Crippen molar-refractivity contribution in [3.8, 4) is 5.88 Å². The van der Waals surface area contributed by atoms with Gasteiger partial charge in [0.05, 0.1) is 11.0 Å². The number of piperidine rings is 1. The molecular formula is C11H15N3O3. The number of aryl methyl sites for hydroxylation is 1. The van der Waals surface area contributed by atoms with Gasteiger partial charge in [-0.15, -0.1) is 0 Å². The Morgan fingerprint density at radius 1 is 1.53 bits per heavy atom. The van der Waals surface area contributed by atoms with Gasteiger partial charge in [-0.1, -0.05) is 0 Å². The maximum atomic E-state index is 10.8. The van der Waals surface area contributed by atoms with Crippen LogP contribution in [0.4, 0.5) is 5.69 Å². The molecule has 0 amide bonds. The number of nitrogens with one attached hydrogen (secondary N) is 1. The summed E-state index contributed by atoms with van der Waals surface area (Å²) in [4.78, 5) is 14.4. The molecule has 0 atom stereocenters. The Labute approximate surface area is 99.2 Å². The van der Waals surface area contributed by atoms with Gasteiger partial charge in [0.15, 0.2) is 0 Å². The molecule has 1 fully saturated rings. The molecule has 0 spiro atoms. The van der Waals surface area contributed by atoms with Gasteiger partial charge >= 0.3 is 0 Å². The summed E-state index contributed by atoms with van der Waals surface area (Å²) >= 11 is 0.